The maximum absolute atomic E-state index is 11.6. The molecular formula is C8H15ClN4O. The fourth-order valence-corrected chi connectivity index (χ4v) is 2.38. The number of hydrogen-bond donors (Lipinski definition) is 3. The zero-order chi connectivity index (χ0) is 10.3. The van der Waals surface area contributed by atoms with Crippen LogP contribution in [0.2, 0.25) is 0 Å². The van der Waals surface area contributed by atoms with Gasteiger partial charge in [-0.05, 0) is 13.8 Å². The van der Waals surface area contributed by atoms with Crippen molar-refractivity contribution in [3.8, 4) is 0 Å². The first-order chi connectivity index (χ1) is 6.61. The fraction of sp³-hybridized carbons (Fsp3) is 0.875. The number of halogens is 1. The number of nitrogens with one attached hydrogen (secondary N) is 3. The highest BCUT2D eigenvalue weighted by Gasteiger charge is 2.46. The molecule has 0 aromatic heterocycles. The lowest BCUT2D eigenvalue weighted by Gasteiger charge is -2.36. The lowest BCUT2D eigenvalue weighted by Crippen LogP contribution is -2.63. The summed E-state index contributed by atoms with van der Waals surface area (Å²) >= 11 is 6.14. The average molecular weight is 219 g/mol. The minimum Gasteiger partial charge on any atom is -0.320 e. The molecule has 3 unspecified atom stereocenters. The average Bonchev–Trinajstić information content (AvgIpc) is 2.42. The van der Waals surface area contributed by atoms with E-state index in [1.807, 2.05) is 13.8 Å². The molecule has 80 valence electrons. The van der Waals surface area contributed by atoms with Crippen molar-refractivity contribution < 1.29 is 4.79 Å². The minimum atomic E-state index is -0.192. The molecule has 3 N–H and O–H groups in total. The number of fused-ring (bicyclic) bond motifs is 1. The summed E-state index contributed by atoms with van der Waals surface area (Å²) in [6, 6.07) is 0.0997. The Labute approximate surface area is 88.2 Å². The van der Waals surface area contributed by atoms with E-state index in [4.69, 9.17) is 11.6 Å². The monoisotopic (exact) mass is 218 g/mol. The van der Waals surface area contributed by atoms with Gasteiger partial charge in [-0.15, -0.1) is 11.6 Å². The topological polar surface area (TPSA) is 56.4 Å². The lowest BCUT2D eigenvalue weighted by molar-refractivity contribution is 0.159. The second-order valence-corrected chi connectivity index (χ2v) is 4.38. The van der Waals surface area contributed by atoms with Gasteiger partial charge in [-0.1, -0.05) is 0 Å². The van der Waals surface area contributed by atoms with Gasteiger partial charge in [0.15, 0.2) is 0 Å². The number of nitrogens with zero attached hydrogens (tertiary/aromatic N) is 1. The number of rotatable bonds is 1. The van der Waals surface area contributed by atoms with Crippen LogP contribution in [0, 0.1) is 0 Å². The number of carbonyl (C=O) groups is 1. The first-order valence-corrected chi connectivity index (χ1v) is 5.24. The third kappa shape index (κ3) is 1.45. The van der Waals surface area contributed by atoms with Gasteiger partial charge >= 0.3 is 6.03 Å². The SMILES string of the molecule is CC(C)N1C(=O)NC2NCNC(Cl)C21. The summed E-state index contributed by atoms with van der Waals surface area (Å²) in [4.78, 5) is 13.4. The van der Waals surface area contributed by atoms with Gasteiger partial charge in [-0.2, -0.15) is 0 Å². The maximum Gasteiger partial charge on any atom is 0.319 e. The molecule has 2 aliphatic heterocycles. The molecule has 0 bridgehead atoms. The number of urea groups is 1. The quantitative estimate of drug-likeness (QED) is 0.423. The van der Waals surface area contributed by atoms with Crippen LogP contribution < -0.4 is 16.0 Å². The van der Waals surface area contributed by atoms with Crippen LogP contribution >= 0.6 is 11.6 Å². The van der Waals surface area contributed by atoms with Gasteiger partial charge in [0.25, 0.3) is 0 Å². The maximum atomic E-state index is 11.6. The summed E-state index contributed by atoms with van der Waals surface area (Å²) < 4.78 is 0. The minimum absolute atomic E-state index is 0.0158. The molecule has 2 amide bonds. The Bertz CT molecular complexity index is 247. The predicted molar refractivity (Wildman–Crippen MR) is 53.9 cm³/mol. The van der Waals surface area contributed by atoms with Crippen molar-refractivity contribution in [2.24, 2.45) is 0 Å². The first-order valence-electron chi connectivity index (χ1n) is 4.81. The van der Waals surface area contributed by atoms with E-state index < -0.39 is 0 Å². The zero-order valence-corrected chi connectivity index (χ0v) is 9.01. The fourth-order valence-electron chi connectivity index (χ4n) is 2.04. The summed E-state index contributed by atoms with van der Waals surface area (Å²) in [7, 11) is 0. The molecule has 14 heavy (non-hydrogen) atoms. The van der Waals surface area contributed by atoms with Gasteiger partial charge in [-0.25, -0.2) is 4.79 Å². The van der Waals surface area contributed by atoms with Crippen LogP contribution in [0.25, 0.3) is 0 Å². The third-order valence-electron chi connectivity index (χ3n) is 2.65. The highest BCUT2D eigenvalue weighted by molar-refractivity contribution is 6.21. The largest absolute Gasteiger partial charge is 0.320 e. The number of alkyl halides is 1. The smallest absolute Gasteiger partial charge is 0.319 e. The zero-order valence-electron chi connectivity index (χ0n) is 8.25. The van der Waals surface area contributed by atoms with Gasteiger partial charge in [0.1, 0.15) is 11.7 Å². The summed E-state index contributed by atoms with van der Waals surface area (Å²) in [6.07, 6.45) is -0.0337. The second-order valence-electron chi connectivity index (χ2n) is 3.91. The predicted octanol–water partition coefficient (Wildman–Crippen LogP) is -0.170. The molecule has 5 nitrogen and oxygen atoms in total. The van der Waals surface area contributed by atoms with Crippen molar-refractivity contribution in [1.82, 2.24) is 20.9 Å². The number of amides is 2. The Balaban J connectivity index is 2.20. The number of carbonyl (C=O) groups excluding carboxylic acids is 1. The van der Waals surface area contributed by atoms with E-state index in [1.165, 1.54) is 0 Å². The highest BCUT2D eigenvalue weighted by Crippen LogP contribution is 2.22. The van der Waals surface area contributed by atoms with Crippen LogP contribution in [-0.4, -0.2) is 41.4 Å². The molecule has 6 heteroatoms. The van der Waals surface area contributed by atoms with Crippen molar-refractivity contribution in [2.45, 2.75) is 37.6 Å². The highest BCUT2D eigenvalue weighted by atomic mass is 35.5. The van der Waals surface area contributed by atoms with E-state index in [9.17, 15) is 4.79 Å². The Morgan fingerprint density at radius 2 is 2.21 bits per heavy atom. The Hall–Kier alpha value is -0.520. The molecular weight excluding hydrogens is 204 g/mol. The van der Waals surface area contributed by atoms with E-state index in [2.05, 4.69) is 16.0 Å². The standard InChI is InChI=1S/C8H15ClN4O/c1-4(2)13-5-6(9)10-3-11-7(5)12-8(13)14/h4-7,10-11H,3H2,1-2H3,(H,12,14). The van der Waals surface area contributed by atoms with Crippen LogP contribution in [0.5, 0.6) is 0 Å². The van der Waals surface area contributed by atoms with Crippen molar-refractivity contribution >= 4 is 17.6 Å². The molecule has 2 rings (SSSR count). The molecule has 0 radical (unpaired) electrons. The van der Waals surface area contributed by atoms with Crippen LogP contribution in [0.3, 0.4) is 0 Å². The van der Waals surface area contributed by atoms with Gasteiger partial charge < -0.3 is 10.2 Å². The summed E-state index contributed by atoms with van der Waals surface area (Å²) in [5.74, 6) is 0. The molecule has 0 aromatic rings. The van der Waals surface area contributed by atoms with Crippen molar-refractivity contribution in [2.75, 3.05) is 6.67 Å². The van der Waals surface area contributed by atoms with Gasteiger partial charge in [0, 0.05) is 12.7 Å². The van der Waals surface area contributed by atoms with E-state index in [1.54, 1.807) is 4.90 Å². The van der Waals surface area contributed by atoms with Gasteiger partial charge in [0.2, 0.25) is 0 Å². The van der Waals surface area contributed by atoms with E-state index in [0.29, 0.717) is 6.67 Å². The Morgan fingerprint density at radius 3 is 2.86 bits per heavy atom. The van der Waals surface area contributed by atoms with Gasteiger partial charge in [-0.3, -0.25) is 10.6 Å². The lowest BCUT2D eigenvalue weighted by atomic mass is 10.1. The molecule has 2 fully saturated rings. The van der Waals surface area contributed by atoms with Crippen LogP contribution in [0.15, 0.2) is 0 Å². The van der Waals surface area contributed by atoms with Crippen LogP contribution in [0.1, 0.15) is 13.8 Å². The normalized spacial score (nSPS) is 37.3. The van der Waals surface area contributed by atoms with Gasteiger partial charge in [0.05, 0.1) is 6.04 Å². The molecule has 3 atom stereocenters. The van der Waals surface area contributed by atoms with E-state index in [0.717, 1.165) is 0 Å². The second kappa shape index (κ2) is 3.56. The van der Waals surface area contributed by atoms with Crippen LogP contribution in [0.4, 0.5) is 4.79 Å². The third-order valence-corrected chi connectivity index (χ3v) is 3.06. The molecule has 2 saturated heterocycles. The first kappa shape index (κ1) is 10.0. The summed E-state index contributed by atoms with van der Waals surface area (Å²) in [6.45, 7) is 4.60. The van der Waals surface area contributed by atoms with Crippen molar-refractivity contribution in [3.05, 3.63) is 0 Å². The molecule has 2 heterocycles. The Morgan fingerprint density at radius 1 is 1.50 bits per heavy atom. The van der Waals surface area contributed by atoms with Crippen molar-refractivity contribution in [3.63, 3.8) is 0 Å². The molecule has 0 saturated carbocycles. The number of hydrogen-bond acceptors (Lipinski definition) is 3. The summed E-state index contributed by atoms with van der Waals surface area (Å²) in [5.41, 5.74) is -0.192. The van der Waals surface area contributed by atoms with E-state index >= 15 is 0 Å². The van der Waals surface area contributed by atoms with Crippen LogP contribution in [-0.2, 0) is 0 Å². The van der Waals surface area contributed by atoms with Crippen molar-refractivity contribution in [1.29, 1.82) is 0 Å². The Kier molecular flexibility index (Phi) is 2.55. The molecule has 2 aliphatic rings. The molecule has 0 aliphatic carbocycles. The summed E-state index contributed by atoms with van der Waals surface area (Å²) in [5, 5.41) is 9.11. The molecule has 0 aromatic carbocycles. The molecule has 0 spiro atoms. The van der Waals surface area contributed by atoms with E-state index in [-0.39, 0.29) is 29.8 Å².